The van der Waals surface area contributed by atoms with Gasteiger partial charge in [-0.15, -0.1) is 23.1 Å². The third kappa shape index (κ3) is 3.87. The van der Waals surface area contributed by atoms with Gasteiger partial charge in [0.15, 0.2) is 0 Å². The number of hydrogen-bond acceptors (Lipinski definition) is 3. The summed E-state index contributed by atoms with van der Waals surface area (Å²) in [4.78, 5) is 1.43. The molecule has 1 nitrogen and oxygen atoms in total. The van der Waals surface area contributed by atoms with E-state index in [0.717, 1.165) is 5.75 Å². The SMILES string of the molecule is Cc1cc(C)cc(CSC(c2sccc2C)C(C)N)c1. The first-order valence-corrected chi connectivity index (χ1v) is 8.88. The van der Waals surface area contributed by atoms with E-state index in [1.807, 2.05) is 23.1 Å². The lowest BCUT2D eigenvalue weighted by Gasteiger charge is -2.20. The topological polar surface area (TPSA) is 26.0 Å². The van der Waals surface area contributed by atoms with Crippen molar-refractivity contribution < 1.29 is 0 Å². The normalized spacial score (nSPS) is 14.2. The molecule has 2 unspecified atom stereocenters. The van der Waals surface area contributed by atoms with Crippen LogP contribution in [0.4, 0.5) is 0 Å². The number of thiophene rings is 1. The van der Waals surface area contributed by atoms with E-state index < -0.39 is 0 Å². The molecule has 2 N–H and O–H groups in total. The second-order valence-electron chi connectivity index (χ2n) is 5.55. The van der Waals surface area contributed by atoms with E-state index in [2.05, 4.69) is 57.3 Å². The molecule has 108 valence electrons. The summed E-state index contributed by atoms with van der Waals surface area (Å²) in [6.07, 6.45) is 0. The van der Waals surface area contributed by atoms with E-state index >= 15 is 0 Å². The van der Waals surface area contributed by atoms with Gasteiger partial charge in [-0.25, -0.2) is 0 Å². The smallest absolute Gasteiger partial charge is 0.0545 e. The minimum Gasteiger partial charge on any atom is -0.327 e. The van der Waals surface area contributed by atoms with Crippen LogP contribution in [0.3, 0.4) is 0 Å². The van der Waals surface area contributed by atoms with Gasteiger partial charge in [0.1, 0.15) is 0 Å². The monoisotopic (exact) mass is 305 g/mol. The van der Waals surface area contributed by atoms with E-state index in [4.69, 9.17) is 5.73 Å². The predicted octanol–water partition coefficient (Wildman–Crippen LogP) is 5.00. The molecule has 0 spiro atoms. The molecule has 0 aliphatic rings. The number of nitrogens with two attached hydrogens (primary N) is 1. The van der Waals surface area contributed by atoms with Crippen LogP contribution >= 0.6 is 23.1 Å². The molecule has 1 aromatic heterocycles. The van der Waals surface area contributed by atoms with Crippen molar-refractivity contribution in [1.29, 1.82) is 0 Å². The summed E-state index contributed by atoms with van der Waals surface area (Å²) >= 11 is 3.78. The molecule has 0 saturated carbocycles. The van der Waals surface area contributed by atoms with Crippen molar-refractivity contribution in [2.24, 2.45) is 5.73 Å². The van der Waals surface area contributed by atoms with E-state index in [0.29, 0.717) is 5.25 Å². The van der Waals surface area contributed by atoms with E-state index in [-0.39, 0.29) is 6.04 Å². The van der Waals surface area contributed by atoms with Crippen molar-refractivity contribution in [3.8, 4) is 0 Å². The van der Waals surface area contributed by atoms with Gasteiger partial charge < -0.3 is 5.73 Å². The molecule has 20 heavy (non-hydrogen) atoms. The van der Waals surface area contributed by atoms with Crippen LogP contribution in [0, 0.1) is 20.8 Å². The second-order valence-corrected chi connectivity index (χ2v) is 7.63. The number of benzene rings is 1. The summed E-state index contributed by atoms with van der Waals surface area (Å²) in [6.45, 7) is 8.61. The Bertz CT molecular complexity index is 552. The Morgan fingerprint density at radius 2 is 1.80 bits per heavy atom. The van der Waals surface area contributed by atoms with E-state index in [1.54, 1.807) is 0 Å². The van der Waals surface area contributed by atoms with Crippen LogP contribution in [0.5, 0.6) is 0 Å². The van der Waals surface area contributed by atoms with Gasteiger partial charge in [-0.1, -0.05) is 29.3 Å². The lowest BCUT2D eigenvalue weighted by Crippen LogP contribution is -2.22. The molecule has 0 aliphatic carbocycles. The molecule has 2 rings (SSSR count). The van der Waals surface area contributed by atoms with Crippen LogP contribution in [0.25, 0.3) is 0 Å². The van der Waals surface area contributed by atoms with Crippen molar-refractivity contribution in [3.05, 3.63) is 56.8 Å². The quantitative estimate of drug-likeness (QED) is 0.841. The van der Waals surface area contributed by atoms with Crippen molar-refractivity contribution >= 4 is 23.1 Å². The summed E-state index contributed by atoms with van der Waals surface area (Å²) in [5.74, 6) is 1.02. The Morgan fingerprint density at radius 3 is 2.30 bits per heavy atom. The average Bonchev–Trinajstić information content (AvgIpc) is 2.74. The first-order valence-electron chi connectivity index (χ1n) is 6.95. The highest BCUT2D eigenvalue weighted by molar-refractivity contribution is 7.98. The van der Waals surface area contributed by atoms with E-state index in [9.17, 15) is 0 Å². The van der Waals surface area contributed by atoms with Crippen LogP contribution in [-0.4, -0.2) is 6.04 Å². The Hall–Kier alpha value is -0.770. The minimum absolute atomic E-state index is 0.170. The van der Waals surface area contributed by atoms with Gasteiger partial charge in [0, 0.05) is 16.7 Å². The molecule has 0 aliphatic heterocycles. The zero-order valence-corrected chi connectivity index (χ0v) is 14.3. The zero-order chi connectivity index (χ0) is 14.7. The third-order valence-corrected chi connectivity index (χ3v) is 6.12. The van der Waals surface area contributed by atoms with E-state index in [1.165, 1.54) is 27.1 Å². The van der Waals surface area contributed by atoms with Gasteiger partial charge in [0.25, 0.3) is 0 Å². The van der Waals surface area contributed by atoms with Gasteiger partial charge in [-0.05, 0) is 50.3 Å². The van der Waals surface area contributed by atoms with Crippen molar-refractivity contribution in [1.82, 2.24) is 0 Å². The highest BCUT2D eigenvalue weighted by Gasteiger charge is 2.20. The Labute approximate surface area is 130 Å². The molecule has 0 bridgehead atoms. The van der Waals surface area contributed by atoms with Crippen LogP contribution in [0.2, 0.25) is 0 Å². The summed E-state index contributed by atoms with van der Waals surface area (Å²) in [6, 6.07) is 9.13. The van der Waals surface area contributed by atoms with Crippen LogP contribution in [0.15, 0.2) is 29.6 Å². The molecule has 2 aromatic rings. The van der Waals surface area contributed by atoms with Gasteiger partial charge in [-0.2, -0.15) is 0 Å². The lowest BCUT2D eigenvalue weighted by atomic mass is 10.1. The first-order chi connectivity index (χ1) is 9.47. The fourth-order valence-electron chi connectivity index (χ4n) is 2.48. The molecule has 0 saturated heterocycles. The molecule has 3 heteroatoms. The van der Waals surface area contributed by atoms with Gasteiger partial charge in [-0.3, -0.25) is 0 Å². The van der Waals surface area contributed by atoms with Crippen molar-refractivity contribution in [3.63, 3.8) is 0 Å². The highest BCUT2D eigenvalue weighted by atomic mass is 32.2. The summed E-state index contributed by atoms with van der Waals surface area (Å²) in [5.41, 5.74) is 11.6. The third-order valence-electron chi connectivity index (χ3n) is 3.35. The van der Waals surface area contributed by atoms with Gasteiger partial charge >= 0.3 is 0 Å². The summed E-state index contributed by atoms with van der Waals surface area (Å²) in [5, 5.41) is 2.55. The lowest BCUT2D eigenvalue weighted by molar-refractivity contribution is 0.727. The Kier molecular flexibility index (Phi) is 5.30. The maximum atomic E-state index is 6.21. The molecule has 1 heterocycles. The summed E-state index contributed by atoms with van der Waals surface area (Å²) < 4.78 is 0. The van der Waals surface area contributed by atoms with Crippen molar-refractivity contribution in [2.75, 3.05) is 0 Å². The van der Waals surface area contributed by atoms with Crippen LogP contribution in [0.1, 0.15) is 39.3 Å². The highest BCUT2D eigenvalue weighted by Crippen LogP contribution is 2.38. The van der Waals surface area contributed by atoms with Gasteiger partial charge in [0.2, 0.25) is 0 Å². The maximum absolute atomic E-state index is 6.21. The maximum Gasteiger partial charge on any atom is 0.0545 e. The number of aryl methyl sites for hydroxylation is 3. The molecule has 0 amide bonds. The number of hydrogen-bond donors (Lipinski definition) is 1. The van der Waals surface area contributed by atoms with Crippen molar-refractivity contribution in [2.45, 2.75) is 44.7 Å². The minimum atomic E-state index is 0.170. The fraction of sp³-hybridized carbons (Fsp3) is 0.412. The second kappa shape index (κ2) is 6.79. The number of rotatable bonds is 5. The molecule has 1 aromatic carbocycles. The molecule has 0 radical (unpaired) electrons. The number of thioether (sulfide) groups is 1. The predicted molar refractivity (Wildman–Crippen MR) is 92.7 cm³/mol. The molecule has 2 atom stereocenters. The fourth-order valence-corrected chi connectivity index (χ4v) is 5.05. The van der Waals surface area contributed by atoms with Gasteiger partial charge in [0.05, 0.1) is 5.25 Å². The van der Waals surface area contributed by atoms with Crippen LogP contribution < -0.4 is 5.73 Å². The van der Waals surface area contributed by atoms with Crippen LogP contribution in [-0.2, 0) is 5.75 Å². The average molecular weight is 306 g/mol. The molecular weight excluding hydrogens is 282 g/mol. The zero-order valence-electron chi connectivity index (χ0n) is 12.6. The summed E-state index contributed by atoms with van der Waals surface area (Å²) in [7, 11) is 0. The molecule has 0 fully saturated rings. The Balaban J connectivity index is 2.12. The standard InChI is InChI=1S/C17H23NS2/c1-11-7-12(2)9-15(8-11)10-20-17(14(4)18)16-13(3)5-6-19-16/h5-9,14,17H,10,18H2,1-4H3. The first kappa shape index (κ1) is 15.6. The Morgan fingerprint density at radius 1 is 1.15 bits per heavy atom. The largest absolute Gasteiger partial charge is 0.327 e. The molecular formula is C17H23NS2.